The number of hydrogen-bond acceptors (Lipinski definition) is 8. The minimum atomic E-state index is -0.424. The summed E-state index contributed by atoms with van der Waals surface area (Å²) in [6.45, 7) is 2.77. The number of nitrogen functional groups attached to an aromatic ring is 1. The van der Waals surface area contributed by atoms with Gasteiger partial charge in [0.1, 0.15) is 0 Å². The molecule has 1 aliphatic heterocycles. The number of aromatic nitrogens is 3. The predicted molar refractivity (Wildman–Crippen MR) is 130 cm³/mol. The van der Waals surface area contributed by atoms with E-state index in [0.717, 1.165) is 43.6 Å². The Morgan fingerprint density at radius 3 is 2.91 bits per heavy atom. The number of benzene rings is 1. The first-order valence-corrected chi connectivity index (χ1v) is 11.5. The van der Waals surface area contributed by atoms with Crippen molar-refractivity contribution in [1.82, 2.24) is 15.0 Å². The summed E-state index contributed by atoms with van der Waals surface area (Å²) in [6, 6.07) is 8.07. The highest BCUT2D eigenvalue weighted by Crippen LogP contribution is 2.34. The Kier molecular flexibility index (Phi) is 6.37. The number of morpholine rings is 1. The number of nitrogens with two attached hydrogens (primary N) is 1. The molecule has 2 aromatic heterocycles. The van der Waals surface area contributed by atoms with Crippen LogP contribution in [-0.4, -0.2) is 54.3 Å². The smallest absolute Gasteiger partial charge is 0.278 e. The van der Waals surface area contributed by atoms with E-state index < -0.39 is 5.91 Å². The Morgan fingerprint density at radius 1 is 1.24 bits per heavy atom. The Balaban J connectivity index is 1.41. The maximum Gasteiger partial charge on any atom is 0.278 e. The zero-order valence-electron chi connectivity index (χ0n) is 19.2. The summed E-state index contributed by atoms with van der Waals surface area (Å²) in [5.41, 5.74) is 11.6. The van der Waals surface area contributed by atoms with Crippen LogP contribution in [0.5, 0.6) is 0 Å². The first-order chi connectivity index (χ1) is 16.6. The molecule has 1 unspecified atom stereocenters. The second-order valence-corrected chi connectivity index (χ2v) is 8.47. The third kappa shape index (κ3) is 4.44. The number of hydrogen-bond donors (Lipinski definition) is 2. The van der Waals surface area contributed by atoms with E-state index in [4.69, 9.17) is 15.2 Å². The minimum absolute atomic E-state index is 0.0791. The van der Waals surface area contributed by atoms with Gasteiger partial charge in [0.15, 0.2) is 11.5 Å². The average molecular weight is 461 g/mol. The number of nitrogens with zero attached hydrogens (tertiary/aromatic N) is 4. The Hall–Kier alpha value is -3.56. The van der Waals surface area contributed by atoms with E-state index in [1.165, 1.54) is 11.1 Å². The molecule has 1 aromatic carbocycles. The van der Waals surface area contributed by atoms with Gasteiger partial charge in [-0.25, -0.2) is 9.97 Å². The third-order valence-corrected chi connectivity index (χ3v) is 6.40. The summed E-state index contributed by atoms with van der Waals surface area (Å²) in [5.74, 6) is -0.345. The molecular weight excluding hydrogens is 432 g/mol. The number of fused-ring (bicyclic) bond motifs is 1. The molecule has 3 heterocycles. The van der Waals surface area contributed by atoms with Gasteiger partial charge in [-0.15, -0.1) is 0 Å². The van der Waals surface area contributed by atoms with Gasteiger partial charge in [-0.2, -0.15) is 0 Å². The predicted octanol–water partition coefficient (Wildman–Crippen LogP) is 3.23. The number of nitrogens with one attached hydrogen (secondary N) is 1. The quantitative estimate of drug-likeness (QED) is 0.596. The molecule has 1 fully saturated rings. The summed E-state index contributed by atoms with van der Waals surface area (Å²) in [6.07, 6.45) is 8.16. The van der Waals surface area contributed by atoms with Crippen LogP contribution < -0.4 is 16.0 Å². The van der Waals surface area contributed by atoms with Gasteiger partial charge in [-0.05, 0) is 42.5 Å². The van der Waals surface area contributed by atoms with Crippen LogP contribution >= 0.6 is 0 Å². The van der Waals surface area contributed by atoms with Gasteiger partial charge < -0.3 is 25.4 Å². The molecule has 5 rings (SSSR count). The highest BCUT2D eigenvalue weighted by atomic mass is 16.5. The van der Waals surface area contributed by atoms with Crippen LogP contribution in [0.15, 0.2) is 42.9 Å². The number of ether oxygens (including phenoxy) is 2. The van der Waals surface area contributed by atoms with E-state index in [1.807, 2.05) is 12.1 Å². The zero-order valence-corrected chi connectivity index (χ0v) is 19.2. The number of amides is 1. The molecule has 0 saturated carbocycles. The lowest BCUT2D eigenvalue weighted by atomic mass is 9.88. The monoisotopic (exact) mass is 460 g/mol. The fraction of sp³-hybridized carbons (Fsp3) is 0.360. The van der Waals surface area contributed by atoms with Gasteiger partial charge in [-0.3, -0.25) is 9.78 Å². The molecule has 1 amide bonds. The lowest BCUT2D eigenvalue weighted by Gasteiger charge is -2.30. The first kappa shape index (κ1) is 22.2. The summed E-state index contributed by atoms with van der Waals surface area (Å²) < 4.78 is 11.1. The second kappa shape index (κ2) is 9.74. The molecule has 34 heavy (non-hydrogen) atoms. The Morgan fingerprint density at radius 2 is 2.09 bits per heavy atom. The topological polar surface area (TPSA) is 115 Å². The number of carbonyl (C=O) groups excluding carboxylic acids is 1. The van der Waals surface area contributed by atoms with E-state index in [1.54, 1.807) is 25.7 Å². The van der Waals surface area contributed by atoms with Crippen LogP contribution in [0.25, 0.3) is 11.3 Å². The molecule has 1 atom stereocenters. The van der Waals surface area contributed by atoms with Gasteiger partial charge in [0, 0.05) is 32.0 Å². The van der Waals surface area contributed by atoms with Crippen molar-refractivity contribution >= 4 is 23.1 Å². The first-order valence-electron chi connectivity index (χ1n) is 11.5. The molecule has 3 aromatic rings. The van der Waals surface area contributed by atoms with Crippen LogP contribution in [0.4, 0.5) is 17.2 Å². The Bertz CT molecular complexity index is 1200. The summed E-state index contributed by atoms with van der Waals surface area (Å²) in [4.78, 5) is 28.4. The highest BCUT2D eigenvalue weighted by molar-refractivity contribution is 6.07. The van der Waals surface area contributed by atoms with Gasteiger partial charge in [0.25, 0.3) is 5.91 Å². The fourth-order valence-electron chi connectivity index (χ4n) is 4.62. The number of anilines is 3. The molecule has 0 radical (unpaired) electrons. The number of pyridine rings is 1. The van der Waals surface area contributed by atoms with E-state index in [9.17, 15) is 4.79 Å². The van der Waals surface area contributed by atoms with Crippen molar-refractivity contribution in [2.24, 2.45) is 0 Å². The van der Waals surface area contributed by atoms with Crippen molar-refractivity contribution in [3.63, 3.8) is 0 Å². The Labute approximate surface area is 198 Å². The van der Waals surface area contributed by atoms with E-state index >= 15 is 0 Å². The maximum absolute atomic E-state index is 13.2. The van der Waals surface area contributed by atoms with Gasteiger partial charge in [-0.1, -0.05) is 12.1 Å². The molecule has 0 bridgehead atoms. The molecule has 1 aliphatic carbocycles. The van der Waals surface area contributed by atoms with Crippen molar-refractivity contribution < 1.29 is 14.3 Å². The van der Waals surface area contributed by atoms with Crippen LogP contribution in [0.1, 0.15) is 40.6 Å². The lowest BCUT2D eigenvalue weighted by Crippen LogP contribution is -2.36. The standard InChI is InChI=1S/C25H28N6O3/c1-33-22-4-2-3-16-13-17(5-6-18(16)22)19-15-28-24(26)23(29-19)25(32)30-20-14-27-8-7-21(20)31-9-11-34-12-10-31/h5-8,13-15,22H,2-4,9-12H2,1H3,(H2,26,28)(H,30,32). The van der Waals surface area contributed by atoms with E-state index in [2.05, 4.69) is 37.3 Å². The van der Waals surface area contributed by atoms with Crippen molar-refractivity contribution in [3.8, 4) is 11.3 Å². The van der Waals surface area contributed by atoms with Crippen LogP contribution in [0.2, 0.25) is 0 Å². The number of rotatable bonds is 5. The zero-order chi connectivity index (χ0) is 23.5. The molecule has 1 saturated heterocycles. The SMILES string of the molecule is COC1CCCc2cc(-c3cnc(N)c(C(=O)Nc4cnccc4N4CCOCC4)n3)ccc21. The third-order valence-electron chi connectivity index (χ3n) is 6.40. The second-order valence-electron chi connectivity index (χ2n) is 8.47. The maximum atomic E-state index is 13.2. The van der Waals surface area contributed by atoms with Gasteiger partial charge in [0.2, 0.25) is 0 Å². The molecule has 3 N–H and O–H groups in total. The van der Waals surface area contributed by atoms with Gasteiger partial charge >= 0.3 is 0 Å². The number of aryl methyl sites for hydroxylation is 1. The lowest BCUT2D eigenvalue weighted by molar-refractivity contribution is 0.0881. The molecule has 176 valence electrons. The molecular formula is C25H28N6O3. The van der Waals surface area contributed by atoms with Crippen molar-refractivity contribution in [3.05, 3.63) is 59.7 Å². The van der Waals surface area contributed by atoms with Crippen molar-refractivity contribution in [2.45, 2.75) is 25.4 Å². The summed E-state index contributed by atoms with van der Waals surface area (Å²) in [7, 11) is 1.75. The van der Waals surface area contributed by atoms with E-state index in [-0.39, 0.29) is 17.6 Å². The normalized spacial score (nSPS) is 17.8. The van der Waals surface area contributed by atoms with E-state index in [0.29, 0.717) is 24.6 Å². The van der Waals surface area contributed by atoms with Crippen LogP contribution in [-0.2, 0) is 15.9 Å². The van der Waals surface area contributed by atoms with Crippen molar-refractivity contribution in [2.75, 3.05) is 49.4 Å². The molecule has 0 spiro atoms. The largest absolute Gasteiger partial charge is 0.382 e. The van der Waals surface area contributed by atoms with Crippen LogP contribution in [0, 0.1) is 0 Å². The number of methoxy groups -OCH3 is 1. The molecule has 9 nitrogen and oxygen atoms in total. The minimum Gasteiger partial charge on any atom is -0.382 e. The summed E-state index contributed by atoms with van der Waals surface area (Å²) >= 11 is 0. The average Bonchev–Trinajstić information content (AvgIpc) is 2.89. The molecule has 2 aliphatic rings. The highest BCUT2D eigenvalue weighted by Gasteiger charge is 2.22. The molecule has 9 heteroatoms. The fourth-order valence-corrected chi connectivity index (χ4v) is 4.62. The number of carbonyl (C=O) groups is 1. The van der Waals surface area contributed by atoms with Gasteiger partial charge in [0.05, 0.1) is 48.8 Å². The summed E-state index contributed by atoms with van der Waals surface area (Å²) in [5, 5.41) is 2.92. The van der Waals surface area contributed by atoms with Crippen LogP contribution in [0.3, 0.4) is 0 Å². The van der Waals surface area contributed by atoms with Crippen molar-refractivity contribution in [1.29, 1.82) is 0 Å².